The third-order valence-corrected chi connectivity index (χ3v) is 4.56. The largest absolute Gasteiger partial charge is 0.396 e. The zero-order valence-electron chi connectivity index (χ0n) is 13.0. The number of hydrogen-bond donors (Lipinski definition) is 2. The normalized spacial score (nSPS) is 22.6. The predicted molar refractivity (Wildman–Crippen MR) is 78.8 cm³/mol. The summed E-state index contributed by atoms with van der Waals surface area (Å²) in [5, 5.41) is 23.4. The summed E-state index contributed by atoms with van der Waals surface area (Å²) >= 11 is 0. The van der Waals surface area contributed by atoms with Crippen LogP contribution in [0.1, 0.15) is 29.8 Å². The van der Waals surface area contributed by atoms with E-state index in [1.807, 2.05) is 25.6 Å². The first kappa shape index (κ1) is 16.0. The Morgan fingerprint density at radius 1 is 1.43 bits per heavy atom. The minimum atomic E-state index is -0.616. The van der Waals surface area contributed by atoms with Gasteiger partial charge in [0.1, 0.15) is 0 Å². The Balaban J connectivity index is 1.91. The van der Waals surface area contributed by atoms with Crippen LogP contribution in [-0.4, -0.2) is 56.6 Å². The highest BCUT2D eigenvalue weighted by Gasteiger charge is 2.29. The average Bonchev–Trinajstić information content (AvgIpc) is 2.69. The van der Waals surface area contributed by atoms with E-state index in [-0.39, 0.29) is 18.4 Å². The van der Waals surface area contributed by atoms with Crippen molar-refractivity contribution in [1.29, 1.82) is 0 Å². The molecule has 2 heterocycles. The molecule has 1 aromatic heterocycles. The van der Waals surface area contributed by atoms with Crippen molar-refractivity contribution in [3.63, 3.8) is 0 Å². The van der Waals surface area contributed by atoms with E-state index in [1.54, 1.807) is 4.90 Å². The molecule has 2 rings (SSSR count). The topological polar surface area (TPSA) is 78.6 Å². The van der Waals surface area contributed by atoms with E-state index >= 15 is 0 Å². The second-order valence-electron chi connectivity index (χ2n) is 5.91. The minimum Gasteiger partial charge on any atom is -0.396 e. The number of β-amino-alcohol motifs (C(OH)–C–C–N with tert-alkyl or cyclic N) is 1. The van der Waals surface area contributed by atoms with Gasteiger partial charge in [0.2, 0.25) is 5.91 Å². The maximum Gasteiger partial charge on any atom is 0.222 e. The molecule has 0 saturated carbocycles. The standard InChI is InChI=1S/C15H25N3O3/c1-10-13(11(2)17(3)16-10)4-5-15(21)18-7-6-12(9-19)14(20)8-18/h12,14,19-20H,4-9H2,1-3H3/t12-,14+/m1/s1. The molecule has 2 N–H and O–H groups in total. The van der Waals surface area contributed by atoms with E-state index in [2.05, 4.69) is 5.10 Å². The fourth-order valence-electron chi connectivity index (χ4n) is 2.99. The van der Waals surface area contributed by atoms with Crippen molar-refractivity contribution in [3.8, 4) is 0 Å². The van der Waals surface area contributed by atoms with Crippen molar-refractivity contribution in [2.75, 3.05) is 19.7 Å². The number of carbonyl (C=O) groups is 1. The highest BCUT2D eigenvalue weighted by molar-refractivity contribution is 5.76. The number of rotatable bonds is 4. The Morgan fingerprint density at radius 2 is 2.14 bits per heavy atom. The van der Waals surface area contributed by atoms with E-state index in [0.717, 1.165) is 17.0 Å². The summed E-state index contributed by atoms with van der Waals surface area (Å²) in [5.74, 6) is -0.0371. The van der Waals surface area contributed by atoms with Gasteiger partial charge in [-0.15, -0.1) is 0 Å². The van der Waals surface area contributed by atoms with Gasteiger partial charge < -0.3 is 15.1 Å². The van der Waals surface area contributed by atoms with Crippen LogP contribution in [0.15, 0.2) is 0 Å². The lowest BCUT2D eigenvalue weighted by Gasteiger charge is -2.35. The smallest absolute Gasteiger partial charge is 0.222 e. The predicted octanol–water partition coefficient (Wildman–Crippen LogP) is 0.171. The maximum absolute atomic E-state index is 12.3. The second-order valence-corrected chi connectivity index (χ2v) is 5.91. The molecule has 0 bridgehead atoms. The van der Waals surface area contributed by atoms with Crippen molar-refractivity contribution in [3.05, 3.63) is 17.0 Å². The number of aliphatic hydroxyl groups excluding tert-OH is 2. The van der Waals surface area contributed by atoms with Gasteiger partial charge in [0.25, 0.3) is 0 Å². The molecule has 1 aliphatic heterocycles. The van der Waals surface area contributed by atoms with E-state index in [0.29, 0.717) is 32.4 Å². The summed E-state index contributed by atoms with van der Waals surface area (Å²) in [6.07, 6.45) is 1.16. The third-order valence-electron chi connectivity index (χ3n) is 4.56. The molecule has 2 atom stereocenters. The summed E-state index contributed by atoms with van der Waals surface area (Å²) in [7, 11) is 1.91. The number of carbonyl (C=O) groups excluding carboxylic acids is 1. The molecule has 6 heteroatoms. The molecule has 1 fully saturated rings. The summed E-state index contributed by atoms with van der Waals surface area (Å²) in [6.45, 7) is 4.90. The highest BCUT2D eigenvalue weighted by Crippen LogP contribution is 2.19. The van der Waals surface area contributed by atoms with Crippen molar-refractivity contribution in [2.24, 2.45) is 13.0 Å². The zero-order chi connectivity index (χ0) is 15.6. The van der Waals surface area contributed by atoms with E-state index in [9.17, 15) is 9.90 Å². The lowest BCUT2D eigenvalue weighted by Crippen LogP contribution is -2.47. The first-order chi connectivity index (χ1) is 9.93. The molecule has 0 aliphatic carbocycles. The van der Waals surface area contributed by atoms with Gasteiger partial charge in [-0.25, -0.2) is 0 Å². The number of likely N-dealkylation sites (tertiary alicyclic amines) is 1. The minimum absolute atomic E-state index is 0.0166. The van der Waals surface area contributed by atoms with Gasteiger partial charge >= 0.3 is 0 Å². The van der Waals surface area contributed by atoms with Crippen molar-refractivity contribution in [2.45, 2.75) is 39.2 Å². The molecule has 0 aromatic carbocycles. The van der Waals surface area contributed by atoms with Gasteiger partial charge in [0.05, 0.1) is 11.8 Å². The number of piperidine rings is 1. The van der Waals surface area contributed by atoms with E-state index < -0.39 is 6.10 Å². The Morgan fingerprint density at radius 3 is 2.67 bits per heavy atom. The maximum atomic E-state index is 12.3. The quantitative estimate of drug-likeness (QED) is 0.830. The van der Waals surface area contributed by atoms with Crippen LogP contribution in [0, 0.1) is 19.8 Å². The van der Waals surface area contributed by atoms with Crippen LogP contribution in [0.2, 0.25) is 0 Å². The fraction of sp³-hybridized carbons (Fsp3) is 0.733. The number of amides is 1. The fourth-order valence-corrected chi connectivity index (χ4v) is 2.99. The molecule has 1 aliphatic rings. The van der Waals surface area contributed by atoms with Crippen molar-refractivity contribution < 1.29 is 15.0 Å². The zero-order valence-corrected chi connectivity index (χ0v) is 13.0. The van der Waals surface area contributed by atoms with Gasteiger partial charge in [-0.3, -0.25) is 9.48 Å². The molecular weight excluding hydrogens is 270 g/mol. The molecular formula is C15H25N3O3. The lowest BCUT2D eigenvalue weighted by atomic mass is 9.94. The number of aromatic nitrogens is 2. The number of aryl methyl sites for hydroxylation is 2. The number of aliphatic hydroxyl groups is 2. The molecule has 1 saturated heterocycles. The molecule has 0 unspecified atom stereocenters. The number of nitrogens with zero attached hydrogens (tertiary/aromatic N) is 3. The summed E-state index contributed by atoms with van der Waals surface area (Å²) in [4.78, 5) is 14.0. The van der Waals surface area contributed by atoms with Gasteiger partial charge in [-0.2, -0.15) is 5.10 Å². The first-order valence-electron chi connectivity index (χ1n) is 7.49. The Hall–Kier alpha value is -1.40. The molecule has 6 nitrogen and oxygen atoms in total. The van der Waals surface area contributed by atoms with Crippen LogP contribution in [0.3, 0.4) is 0 Å². The van der Waals surface area contributed by atoms with Crippen LogP contribution in [0.4, 0.5) is 0 Å². The van der Waals surface area contributed by atoms with Gasteiger partial charge in [0, 0.05) is 44.8 Å². The Kier molecular flexibility index (Phi) is 5.00. The van der Waals surface area contributed by atoms with Crippen LogP contribution >= 0.6 is 0 Å². The molecule has 1 aromatic rings. The average molecular weight is 295 g/mol. The van der Waals surface area contributed by atoms with Gasteiger partial charge in [0.15, 0.2) is 0 Å². The highest BCUT2D eigenvalue weighted by atomic mass is 16.3. The lowest BCUT2D eigenvalue weighted by molar-refractivity contribution is -0.136. The van der Waals surface area contributed by atoms with Crippen molar-refractivity contribution >= 4 is 5.91 Å². The van der Waals surface area contributed by atoms with Gasteiger partial charge in [-0.1, -0.05) is 0 Å². The van der Waals surface area contributed by atoms with E-state index in [4.69, 9.17) is 5.11 Å². The SMILES string of the molecule is Cc1nn(C)c(C)c1CCC(=O)N1CC[C@H](CO)[C@@H](O)C1. The van der Waals surface area contributed by atoms with Crippen LogP contribution in [0.5, 0.6) is 0 Å². The summed E-state index contributed by atoms with van der Waals surface area (Å²) < 4.78 is 1.84. The summed E-state index contributed by atoms with van der Waals surface area (Å²) in [6, 6.07) is 0. The summed E-state index contributed by atoms with van der Waals surface area (Å²) in [5.41, 5.74) is 3.21. The second kappa shape index (κ2) is 6.58. The first-order valence-corrected chi connectivity index (χ1v) is 7.49. The third kappa shape index (κ3) is 3.44. The Bertz CT molecular complexity index is 513. The monoisotopic (exact) mass is 295 g/mol. The van der Waals surface area contributed by atoms with E-state index in [1.165, 1.54) is 0 Å². The van der Waals surface area contributed by atoms with Crippen LogP contribution in [-0.2, 0) is 18.3 Å². The van der Waals surface area contributed by atoms with Crippen LogP contribution in [0.25, 0.3) is 0 Å². The van der Waals surface area contributed by atoms with Crippen LogP contribution < -0.4 is 0 Å². The molecule has 0 spiro atoms. The molecule has 1 amide bonds. The van der Waals surface area contributed by atoms with Gasteiger partial charge in [-0.05, 0) is 32.3 Å². The molecule has 0 radical (unpaired) electrons. The number of hydrogen-bond acceptors (Lipinski definition) is 4. The molecule has 118 valence electrons. The molecule has 21 heavy (non-hydrogen) atoms. The van der Waals surface area contributed by atoms with Crippen molar-refractivity contribution in [1.82, 2.24) is 14.7 Å². The Labute approximate surface area is 125 Å².